The van der Waals surface area contributed by atoms with Crippen LogP contribution in [0.1, 0.15) is 6.42 Å². The second kappa shape index (κ2) is 5.60. The van der Waals surface area contributed by atoms with Crippen molar-refractivity contribution in [2.45, 2.75) is 6.42 Å². The topological polar surface area (TPSA) is 46.3 Å². The molecule has 1 aromatic rings. The predicted octanol–water partition coefficient (Wildman–Crippen LogP) is 1.90. The summed E-state index contributed by atoms with van der Waals surface area (Å²) < 4.78 is 13.2. The number of carbonyl (C=O) groups excluding carboxylic acids is 1. The van der Waals surface area contributed by atoms with Gasteiger partial charge in [0.15, 0.2) is 0 Å². The first-order chi connectivity index (χ1) is 7.58. The van der Waals surface area contributed by atoms with Crippen LogP contribution in [0.25, 0.3) is 0 Å². The predicted molar refractivity (Wildman–Crippen MR) is 71.3 cm³/mol. The van der Waals surface area contributed by atoms with Crippen molar-refractivity contribution < 1.29 is 9.18 Å². The number of benzene rings is 1. The zero-order valence-electron chi connectivity index (χ0n) is 9.12. The lowest BCUT2D eigenvalue weighted by atomic mass is 10.1. The Bertz CT molecular complexity index is 430. The molecule has 2 rings (SSSR count). The highest BCUT2D eigenvalue weighted by molar-refractivity contribution is 7.59. The molecule has 0 radical (unpaired) electrons. The van der Waals surface area contributed by atoms with Crippen molar-refractivity contribution in [3.63, 3.8) is 0 Å². The number of anilines is 1. The van der Waals surface area contributed by atoms with Crippen LogP contribution in [-0.2, 0) is 4.79 Å². The summed E-state index contributed by atoms with van der Waals surface area (Å²) >= 11 is 5.60. The maximum atomic E-state index is 13.2. The molecule has 0 saturated carbocycles. The Morgan fingerprint density at radius 3 is 2.76 bits per heavy atom. The number of rotatable bonds is 2. The number of carbonyl (C=O) groups is 1. The van der Waals surface area contributed by atoms with E-state index >= 15 is 0 Å². The molecule has 1 amide bonds. The van der Waals surface area contributed by atoms with E-state index in [1.54, 1.807) is 6.07 Å². The number of nitrogens with zero attached hydrogens (tertiary/aromatic N) is 1. The maximum Gasteiger partial charge on any atom is 0.222 e. The third kappa shape index (κ3) is 3.04. The molecule has 94 valence electrons. The van der Waals surface area contributed by atoms with E-state index in [1.807, 2.05) is 4.90 Å². The first kappa shape index (κ1) is 14.1. The highest BCUT2D eigenvalue weighted by Gasteiger charge is 2.26. The second-order valence-electron chi connectivity index (χ2n) is 3.93. The van der Waals surface area contributed by atoms with Gasteiger partial charge < -0.3 is 10.6 Å². The second-order valence-corrected chi connectivity index (χ2v) is 4.34. The summed E-state index contributed by atoms with van der Waals surface area (Å²) in [4.78, 5) is 12.9. The molecule has 1 aromatic carbocycles. The Labute approximate surface area is 111 Å². The smallest absolute Gasteiger partial charge is 0.222 e. The minimum Gasteiger partial charge on any atom is -0.371 e. The Hall–Kier alpha value is -0.940. The molecule has 1 heterocycles. The van der Waals surface area contributed by atoms with Gasteiger partial charge in [-0.15, -0.1) is 0 Å². The third-order valence-electron chi connectivity index (χ3n) is 2.86. The molecule has 1 aliphatic rings. The average molecular weight is 277 g/mol. The van der Waals surface area contributed by atoms with E-state index in [2.05, 4.69) is 0 Å². The summed E-state index contributed by atoms with van der Waals surface area (Å²) in [5.74, 6) is -0.877. The Balaban J connectivity index is 0.00000144. The number of primary amides is 1. The van der Waals surface area contributed by atoms with Crippen molar-refractivity contribution in [3.05, 3.63) is 29.0 Å². The summed E-state index contributed by atoms with van der Waals surface area (Å²) in [6.07, 6.45) is 0.722. The number of hydrogen-bond donors (Lipinski definition) is 1. The largest absolute Gasteiger partial charge is 0.371 e. The van der Waals surface area contributed by atoms with E-state index < -0.39 is 5.82 Å². The first-order valence-electron chi connectivity index (χ1n) is 5.07. The van der Waals surface area contributed by atoms with Gasteiger partial charge in [0, 0.05) is 18.8 Å². The van der Waals surface area contributed by atoms with Crippen LogP contribution in [0.4, 0.5) is 10.1 Å². The fourth-order valence-electron chi connectivity index (χ4n) is 1.91. The van der Waals surface area contributed by atoms with Crippen LogP contribution in [0.15, 0.2) is 18.2 Å². The van der Waals surface area contributed by atoms with Crippen LogP contribution >= 0.6 is 25.1 Å². The molecular weight excluding hydrogens is 263 g/mol. The molecule has 1 fully saturated rings. The summed E-state index contributed by atoms with van der Waals surface area (Å²) in [5, 5.41) is 0.106. The molecule has 2 N–H and O–H groups in total. The molecule has 0 spiro atoms. The maximum absolute atomic E-state index is 13.2. The first-order valence-corrected chi connectivity index (χ1v) is 5.45. The van der Waals surface area contributed by atoms with Gasteiger partial charge in [0.1, 0.15) is 5.82 Å². The summed E-state index contributed by atoms with van der Waals surface area (Å²) in [6.45, 7) is 1.27. The van der Waals surface area contributed by atoms with E-state index in [0.717, 1.165) is 12.1 Å². The lowest BCUT2D eigenvalue weighted by Gasteiger charge is -2.18. The van der Waals surface area contributed by atoms with Crippen molar-refractivity contribution in [3.8, 4) is 0 Å². The monoisotopic (exact) mass is 276 g/mol. The Morgan fingerprint density at radius 2 is 2.24 bits per heavy atom. The van der Waals surface area contributed by atoms with Crippen molar-refractivity contribution in [2.24, 2.45) is 11.7 Å². The van der Waals surface area contributed by atoms with Gasteiger partial charge >= 0.3 is 0 Å². The van der Waals surface area contributed by atoms with Crippen LogP contribution in [0.5, 0.6) is 0 Å². The van der Waals surface area contributed by atoms with E-state index in [4.69, 9.17) is 17.3 Å². The van der Waals surface area contributed by atoms with Crippen molar-refractivity contribution >= 4 is 36.7 Å². The molecule has 1 atom stereocenters. The fourth-order valence-corrected chi connectivity index (χ4v) is 2.03. The van der Waals surface area contributed by atoms with Gasteiger partial charge in [-0.05, 0) is 24.6 Å². The summed E-state index contributed by atoms with van der Waals surface area (Å²) in [7, 11) is 0. The molecule has 3 nitrogen and oxygen atoms in total. The standard InChI is InChI=1S/C11H12ClFN2O.H2S/c12-9-2-1-8(5-10(9)13)15-4-3-7(6-15)11(14)16;/h1-2,5,7H,3-4,6H2,(H2,14,16);1H2/t7-;/m0./s1. The van der Waals surface area contributed by atoms with Gasteiger partial charge in [0.05, 0.1) is 10.9 Å². The molecular formula is C11H14ClFN2OS. The van der Waals surface area contributed by atoms with Gasteiger partial charge in [-0.3, -0.25) is 4.79 Å². The van der Waals surface area contributed by atoms with Crippen LogP contribution in [-0.4, -0.2) is 19.0 Å². The van der Waals surface area contributed by atoms with Crippen molar-refractivity contribution in [1.29, 1.82) is 0 Å². The van der Waals surface area contributed by atoms with Crippen molar-refractivity contribution in [2.75, 3.05) is 18.0 Å². The molecule has 17 heavy (non-hydrogen) atoms. The SMILES string of the molecule is NC(=O)[C@H]1CCN(c2ccc(Cl)c(F)c2)C1.S. The fraction of sp³-hybridized carbons (Fsp3) is 0.364. The normalized spacial score (nSPS) is 18.9. The molecule has 0 aliphatic carbocycles. The molecule has 1 aliphatic heterocycles. The highest BCUT2D eigenvalue weighted by Crippen LogP contribution is 2.26. The van der Waals surface area contributed by atoms with Gasteiger partial charge in [-0.1, -0.05) is 11.6 Å². The third-order valence-corrected chi connectivity index (χ3v) is 3.17. The molecule has 6 heteroatoms. The molecule has 0 aromatic heterocycles. The van der Waals surface area contributed by atoms with Gasteiger partial charge in [0.2, 0.25) is 5.91 Å². The quantitative estimate of drug-likeness (QED) is 0.897. The molecule has 0 unspecified atom stereocenters. The van der Waals surface area contributed by atoms with E-state index in [9.17, 15) is 9.18 Å². The molecule has 1 saturated heterocycles. The van der Waals surface area contributed by atoms with Crippen LogP contribution in [0.2, 0.25) is 5.02 Å². The van der Waals surface area contributed by atoms with Crippen LogP contribution in [0, 0.1) is 11.7 Å². The molecule has 0 bridgehead atoms. The van der Waals surface area contributed by atoms with Crippen LogP contribution in [0.3, 0.4) is 0 Å². The number of nitrogens with two attached hydrogens (primary N) is 1. The van der Waals surface area contributed by atoms with Crippen LogP contribution < -0.4 is 10.6 Å². The minimum atomic E-state index is -0.443. The number of amides is 1. The number of halogens is 2. The highest BCUT2D eigenvalue weighted by atomic mass is 35.5. The van der Waals surface area contributed by atoms with E-state index in [0.29, 0.717) is 13.1 Å². The lowest BCUT2D eigenvalue weighted by Crippen LogP contribution is -2.27. The zero-order chi connectivity index (χ0) is 11.7. The zero-order valence-corrected chi connectivity index (χ0v) is 10.9. The lowest BCUT2D eigenvalue weighted by molar-refractivity contribution is -0.121. The average Bonchev–Trinajstić information content (AvgIpc) is 2.71. The summed E-state index contributed by atoms with van der Waals surface area (Å²) in [6, 6.07) is 4.64. The van der Waals surface area contributed by atoms with Crippen molar-refractivity contribution in [1.82, 2.24) is 0 Å². The Kier molecular flexibility index (Phi) is 4.65. The van der Waals surface area contributed by atoms with Gasteiger partial charge in [-0.2, -0.15) is 13.5 Å². The number of hydrogen-bond acceptors (Lipinski definition) is 2. The van der Waals surface area contributed by atoms with Gasteiger partial charge in [0.25, 0.3) is 0 Å². The van der Waals surface area contributed by atoms with E-state index in [-0.39, 0.29) is 30.3 Å². The minimum absolute atomic E-state index is 0. The summed E-state index contributed by atoms with van der Waals surface area (Å²) in [5.41, 5.74) is 5.97. The van der Waals surface area contributed by atoms with E-state index in [1.165, 1.54) is 12.1 Å². The Morgan fingerprint density at radius 1 is 1.53 bits per heavy atom. The van der Waals surface area contributed by atoms with Gasteiger partial charge in [-0.25, -0.2) is 4.39 Å².